The van der Waals surface area contributed by atoms with Crippen LogP contribution in [0.2, 0.25) is 0 Å². The lowest BCUT2D eigenvalue weighted by atomic mass is 10.1. The van der Waals surface area contributed by atoms with Crippen molar-refractivity contribution in [2.45, 2.75) is 38.3 Å². The van der Waals surface area contributed by atoms with Crippen LogP contribution in [0.25, 0.3) is 0 Å². The summed E-state index contributed by atoms with van der Waals surface area (Å²) in [6.07, 6.45) is 0.249. The summed E-state index contributed by atoms with van der Waals surface area (Å²) >= 11 is 1.66. The first-order valence-corrected chi connectivity index (χ1v) is 11.3. The van der Waals surface area contributed by atoms with Gasteiger partial charge in [0.05, 0.1) is 27.0 Å². The first-order chi connectivity index (χ1) is 15.4. The topological polar surface area (TPSA) is 90.0 Å². The zero-order chi connectivity index (χ0) is 23.3. The number of rotatable bonds is 8. The summed E-state index contributed by atoms with van der Waals surface area (Å²) in [5, 5.41) is 3.74. The summed E-state index contributed by atoms with van der Waals surface area (Å²) in [5.41, 5.74) is 3.64. The molecule has 2 aromatic rings. The molecule has 0 aliphatic carbocycles. The first kappa shape index (κ1) is 23.7. The minimum Gasteiger partial charge on any atom is -0.493 e. The minimum absolute atomic E-state index is 0.0664. The van der Waals surface area contributed by atoms with Crippen LogP contribution in [-0.4, -0.2) is 50.4 Å². The molecule has 1 N–H and O–H groups in total. The third-order valence-electron chi connectivity index (χ3n) is 5.18. The molecule has 1 aromatic carbocycles. The summed E-state index contributed by atoms with van der Waals surface area (Å²) in [6.45, 7) is 4.85. The molecule has 0 fully saturated rings. The molecular formula is C23H29N3O5S. The van der Waals surface area contributed by atoms with Crippen LogP contribution >= 0.6 is 11.8 Å². The lowest BCUT2D eigenvalue weighted by Gasteiger charge is -2.30. The molecule has 1 aromatic heterocycles. The van der Waals surface area contributed by atoms with Crippen molar-refractivity contribution in [3.63, 3.8) is 0 Å². The van der Waals surface area contributed by atoms with E-state index in [0.717, 1.165) is 33.3 Å². The zero-order valence-corrected chi connectivity index (χ0v) is 19.9. The summed E-state index contributed by atoms with van der Waals surface area (Å²) in [5.74, 6) is 2.07. The molecule has 1 aliphatic heterocycles. The Kier molecular flexibility index (Phi) is 7.84. The van der Waals surface area contributed by atoms with Crippen molar-refractivity contribution in [1.29, 1.82) is 0 Å². The van der Waals surface area contributed by atoms with Gasteiger partial charge < -0.3 is 24.4 Å². The number of carbonyl (C=O) groups excluding carboxylic acids is 2. The van der Waals surface area contributed by atoms with Gasteiger partial charge in [-0.1, -0.05) is 0 Å². The van der Waals surface area contributed by atoms with Gasteiger partial charge in [-0.25, -0.2) is 4.98 Å². The van der Waals surface area contributed by atoms with E-state index in [2.05, 4.69) is 10.3 Å². The molecular weight excluding hydrogens is 430 g/mol. The molecule has 172 valence electrons. The highest BCUT2D eigenvalue weighted by molar-refractivity contribution is 7.99. The van der Waals surface area contributed by atoms with E-state index in [9.17, 15) is 9.59 Å². The number of aryl methyl sites for hydroxylation is 2. The van der Waals surface area contributed by atoms with Gasteiger partial charge in [-0.2, -0.15) is 0 Å². The molecule has 0 saturated heterocycles. The average Bonchev–Trinajstić information content (AvgIpc) is 2.79. The summed E-state index contributed by atoms with van der Waals surface area (Å²) in [6, 6.07) is 5.55. The number of nitrogens with zero attached hydrogens (tertiary/aromatic N) is 2. The maximum Gasteiger partial charge on any atom is 0.227 e. The molecule has 3 rings (SSSR count). The van der Waals surface area contributed by atoms with E-state index in [4.69, 9.17) is 14.2 Å². The number of aromatic nitrogens is 1. The van der Waals surface area contributed by atoms with Crippen molar-refractivity contribution in [1.82, 2.24) is 10.3 Å². The monoisotopic (exact) mass is 459 g/mol. The van der Waals surface area contributed by atoms with Crippen LogP contribution in [0.15, 0.2) is 23.2 Å². The van der Waals surface area contributed by atoms with Crippen molar-refractivity contribution >= 4 is 29.3 Å². The van der Waals surface area contributed by atoms with Gasteiger partial charge in [0, 0.05) is 37.4 Å². The van der Waals surface area contributed by atoms with Gasteiger partial charge in [-0.3, -0.25) is 9.59 Å². The van der Waals surface area contributed by atoms with Crippen LogP contribution in [0, 0.1) is 13.8 Å². The number of nitrogens with one attached hydrogen (secondary N) is 1. The van der Waals surface area contributed by atoms with E-state index in [1.807, 2.05) is 19.9 Å². The fraction of sp³-hybridized carbons (Fsp3) is 0.435. The predicted octanol–water partition coefficient (Wildman–Crippen LogP) is 3.26. The standard InChI is InChI=1S/C23H29N3O5S/c1-14-10-15(2)25-23-21(14)26(8-9-32-23)20(28)7-6-19(27)24-13-16-11-17(29-3)22(31-5)18(12-16)30-4/h10-12H,6-9,13H2,1-5H3,(H,24,27). The van der Waals surface area contributed by atoms with E-state index >= 15 is 0 Å². The van der Waals surface area contributed by atoms with Crippen LogP contribution in [0.3, 0.4) is 0 Å². The predicted molar refractivity (Wildman–Crippen MR) is 124 cm³/mol. The highest BCUT2D eigenvalue weighted by atomic mass is 32.2. The number of hydrogen-bond donors (Lipinski definition) is 1. The highest BCUT2D eigenvalue weighted by Gasteiger charge is 2.26. The molecule has 9 heteroatoms. The third-order valence-corrected chi connectivity index (χ3v) is 6.13. The Balaban J connectivity index is 1.59. The van der Waals surface area contributed by atoms with E-state index in [1.54, 1.807) is 43.0 Å². The first-order valence-electron chi connectivity index (χ1n) is 10.3. The Morgan fingerprint density at radius 3 is 2.38 bits per heavy atom. The van der Waals surface area contributed by atoms with Crippen LogP contribution in [0.5, 0.6) is 17.2 Å². The molecule has 0 saturated carbocycles. The lowest BCUT2D eigenvalue weighted by molar-refractivity contribution is -0.125. The van der Waals surface area contributed by atoms with Gasteiger partial charge in [0.15, 0.2) is 11.5 Å². The Hall–Kier alpha value is -2.94. The fourth-order valence-corrected chi connectivity index (χ4v) is 4.79. The Bertz CT molecular complexity index is 986. The number of hydrogen-bond acceptors (Lipinski definition) is 7. The van der Waals surface area contributed by atoms with Crippen LogP contribution in [-0.2, 0) is 16.1 Å². The minimum atomic E-state index is -0.197. The fourth-order valence-electron chi connectivity index (χ4n) is 3.70. The smallest absolute Gasteiger partial charge is 0.227 e. The Labute approximate surface area is 192 Å². The van der Waals surface area contributed by atoms with Crippen LogP contribution < -0.4 is 24.4 Å². The Morgan fingerprint density at radius 1 is 1.06 bits per heavy atom. The highest BCUT2D eigenvalue weighted by Crippen LogP contribution is 2.38. The molecule has 0 atom stereocenters. The van der Waals surface area contributed by atoms with Gasteiger partial charge in [0.1, 0.15) is 5.03 Å². The average molecular weight is 460 g/mol. The van der Waals surface area contributed by atoms with E-state index in [0.29, 0.717) is 23.8 Å². The number of methoxy groups -OCH3 is 3. The van der Waals surface area contributed by atoms with Crippen LogP contribution in [0.4, 0.5) is 5.69 Å². The zero-order valence-electron chi connectivity index (χ0n) is 19.1. The van der Waals surface area contributed by atoms with Crippen molar-refractivity contribution in [2.24, 2.45) is 0 Å². The molecule has 8 nitrogen and oxygen atoms in total. The maximum atomic E-state index is 12.9. The van der Waals surface area contributed by atoms with Crippen molar-refractivity contribution < 1.29 is 23.8 Å². The second kappa shape index (κ2) is 10.6. The van der Waals surface area contributed by atoms with Gasteiger partial charge in [0.25, 0.3) is 0 Å². The van der Waals surface area contributed by atoms with Gasteiger partial charge in [-0.15, -0.1) is 11.8 Å². The second-order valence-electron chi connectivity index (χ2n) is 7.44. The number of anilines is 1. The summed E-state index contributed by atoms with van der Waals surface area (Å²) in [7, 11) is 4.62. The van der Waals surface area contributed by atoms with Crippen LogP contribution in [0.1, 0.15) is 29.7 Å². The largest absolute Gasteiger partial charge is 0.493 e. The van der Waals surface area contributed by atoms with Crippen molar-refractivity contribution in [3.05, 3.63) is 35.0 Å². The van der Waals surface area contributed by atoms with Gasteiger partial charge >= 0.3 is 0 Å². The number of benzene rings is 1. The molecule has 0 radical (unpaired) electrons. The van der Waals surface area contributed by atoms with Gasteiger partial charge in [0.2, 0.25) is 17.6 Å². The van der Waals surface area contributed by atoms with Crippen molar-refractivity contribution in [2.75, 3.05) is 38.5 Å². The molecule has 0 unspecified atom stereocenters. The maximum absolute atomic E-state index is 12.9. The number of thioether (sulfide) groups is 1. The van der Waals surface area contributed by atoms with E-state index in [-0.39, 0.29) is 31.2 Å². The Morgan fingerprint density at radius 2 is 1.75 bits per heavy atom. The third kappa shape index (κ3) is 5.27. The molecule has 0 spiro atoms. The number of fused-ring (bicyclic) bond motifs is 1. The quantitative estimate of drug-likeness (QED) is 0.648. The van der Waals surface area contributed by atoms with E-state index < -0.39 is 0 Å². The number of pyridine rings is 1. The SMILES string of the molecule is COc1cc(CNC(=O)CCC(=O)N2CCSc3nc(C)cc(C)c32)cc(OC)c1OC. The van der Waals surface area contributed by atoms with Crippen molar-refractivity contribution in [3.8, 4) is 17.2 Å². The molecule has 0 bridgehead atoms. The van der Waals surface area contributed by atoms with Gasteiger partial charge in [-0.05, 0) is 43.2 Å². The molecule has 2 heterocycles. The second-order valence-corrected chi connectivity index (χ2v) is 8.52. The number of carbonyl (C=O) groups is 2. The molecule has 1 aliphatic rings. The summed E-state index contributed by atoms with van der Waals surface area (Å²) < 4.78 is 16.0. The number of amides is 2. The summed E-state index contributed by atoms with van der Waals surface area (Å²) in [4.78, 5) is 31.6. The molecule has 2 amide bonds. The molecule has 32 heavy (non-hydrogen) atoms. The van der Waals surface area contributed by atoms with E-state index in [1.165, 1.54) is 7.11 Å². The lowest BCUT2D eigenvalue weighted by Crippen LogP contribution is -2.37. The number of ether oxygens (including phenoxy) is 3. The normalized spacial score (nSPS) is 12.7.